The van der Waals surface area contributed by atoms with E-state index in [4.69, 9.17) is 4.43 Å². The molecule has 0 aromatic carbocycles. The molecular weight excluding hydrogens is 312 g/mol. The van der Waals surface area contributed by atoms with Crippen LogP contribution in [-0.2, 0) is 9.22 Å². The summed E-state index contributed by atoms with van der Waals surface area (Å²) in [5.41, 5.74) is 0. The number of carbonyl (C=O) groups is 1. The minimum Gasteiger partial charge on any atom is -0.519 e. The second-order valence-corrected chi connectivity index (χ2v) is 11.6. The van der Waals surface area contributed by atoms with Crippen LogP contribution < -0.4 is 0 Å². The average Bonchev–Trinajstić information content (AvgIpc) is 2.56. The molecule has 24 heavy (non-hydrogen) atoms. The molecule has 2 nitrogen and oxygen atoms in total. The Hall–Kier alpha value is -0.313. The van der Waals surface area contributed by atoms with E-state index >= 15 is 0 Å². The van der Waals surface area contributed by atoms with E-state index in [1.807, 2.05) is 0 Å². The molecule has 0 heterocycles. The Morgan fingerprint density at radius 3 is 1.38 bits per heavy atom. The third kappa shape index (κ3) is 12.1. The van der Waals surface area contributed by atoms with Gasteiger partial charge in [-0.05, 0) is 24.6 Å². The first-order valence-corrected chi connectivity index (χ1v) is 13.4. The summed E-state index contributed by atoms with van der Waals surface area (Å²) in [7, 11) is -1.88. The lowest BCUT2D eigenvalue weighted by atomic mass is 10.2. The fraction of sp³-hybridized carbons (Fsp3) is 0.952. The molecule has 144 valence electrons. The molecule has 0 unspecified atom stereocenters. The van der Waals surface area contributed by atoms with Crippen molar-refractivity contribution in [2.75, 3.05) is 0 Å². The Morgan fingerprint density at radius 1 is 0.625 bits per heavy atom. The van der Waals surface area contributed by atoms with E-state index in [1.54, 1.807) is 0 Å². The third-order valence-electron chi connectivity index (χ3n) is 5.02. The number of rotatable bonds is 17. The zero-order valence-corrected chi connectivity index (χ0v) is 18.1. The SMILES string of the molecule is CCCCCC(=O)O[Si](CCCCC)(CCCCC)CCCCC. The fourth-order valence-corrected chi connectivity index (χ4v) is 7.76. The summed E-state index contributed by atoms with van der Waals surface area (Å²) in [6, 6.07) is 3.61. The van der Waals surface area contributed by atoms with Crippen LogP contribution in [0.1, 0.15) is 111 Å². The first-order valence-electron chi connectivity index (χ1n) is 10.9. The molecule has 0 amide bonds. The maximum absolute atomic E-state index is 12.4. The molecule has 0 N–H and O–H groups in total. The number of hydrogen-bond donors (Lipinski definition) is 0. The van der Waals surface area contributed by atoms with Crippen molar-refractivity contribution in [2.45, 2.75) is 129 Å². The second-order valence-electron chi connectivity index (χ2n) is 7.49. The van der Waals surface area contributed by atoms with E-state index in [0.717, 1.165) is 12.8 Å². The summed E-state index contributed by atoms with van der Waals surface area (Å²) in [4.78, 5) is 12.4. The summed E-state index contributed by atoms with van der Waals surface area (Å²) in [6.45, 7) is 8.96. The quantitative estimate of drug-likeness (QED) is 0.198. The molecular formula is C21H44O2Si. The largest absolute Gasteiger partial charge is 0.519 e. The molecule has 0 aliphatic rings. The second kappa shape index (κ2) is 16.2. The van der Waals surface area contributed by atoms with Gasteiger partial charge in [0.1, 0.15) is 0 Å². The van der Waals surface area contributed by atoms with E-state index in [1.165, 1.54) is 82.3 Å². The van der Waals surface area contributed by atoms with Crippen molar-refractivity contribution in [1.82, 2.24) is 0 Å². The van der Waals surface area contributed by atoms with E-state index in [0.29, 0.717) is 6.42 Å². The van der Waals surface area contributed by atoms with Gasteiger partial charge in [0.2, 0.25) is 0 Å². The minimum absolute atomic E-state index is 0.111. The van der Waals surface area contributed by atoms with Crippen LogP contribution in [0.5, 0.6) is 0 Å². The van der Waals surface area contributed by atoms with Gasteiger partial charge in [0.25, 0.3) is 14.3 Å². The summed E-state index contributed by atoms with van der Waals surface area (Å²) >= 11 is 0. The lowest BCUT2D eigenvalue weighted by molar-refractivity contribution is -0.135. The molecule has 0 radical (unpaired) electrons. The number of carbonyl (C=O) groups excluding carboxylic acids is 1. The zero-order chi connectivity index (χ0) is 18.1. The van der Waals surface area contributed by atoms with E-state index < -0.39 is 8.32 Å². The smallest absolute Gasteiger partial charge is 0.292 e. The van der Waals surface area contributed by atoms with E-state index in [9.17, 15) is 4.79 Å². The Bertz CT molecular complexity index is 265. The fourth-order valence-electron chi connectivity index (χ4n) is 3.43. The molecule has 0 saturated heterocycles. The zero-order valence-electron chi connectivity index (χ0n) is 17.1. The average molecular weight is 357 g/mol. The predicted molar refractivity (Wildman–Crippen MR) is 109 cm³/mol. The lowest BCUT2D eigenvalue weighted by Gasteiger charge is -2.32. The van der Waals surface area contributed by atoms with E-state index in [2.05, 4.69) is 27.7 Å². The summed E-state index contributed by atoms with van der Waals surface area (Å²) in [5, 5.41) is 0. The standard InChI is InChI=1S/C21H44O2Si/c1-5-9-13-17-21(22)23-24(18-14-10-6-2,19-15-11-7-3)20-16-12-8-4/h5-20H2,1-4H3. The van der Waals surface area contributed by atoms with Crippen LogP contribution in [0.15, 0.2) is 0 Å². The molecule has 0 rings (SSSR count). The van der Waals surface area contributed by atoms with Gasteiger partial charge in [0, 0.05) is 6.42 Å². The van der Waals surface area contributed by atoms with Crippen molar-refractivity contribution in [3.63, 3.8) is 0 Å². The normalized spacial score (nSPS) is 11.7. The van der Waals surface area contributed by atoms with Crippen molar-refractivity contribution in [2.24, 2.45) is 0 Å². The van der Waals surface area contributed by atoms with Gasteiger partial charge in [-0.3, -0.25) is 4.79 Å². The summed E-state index contributed by atoms with van der Waals surface area (Å²) in [6.07, 6.45) is 15.3. The van der Waals surface area contributed by atoms with Crippen molar-refractivity contribution in [3.05, 3.63) is 0 Å². The highest BCUT2D eigenvalue weighted by molar-refractivity contribution is 6.75. The summed E-state index contributed by atoms with van der Waals surface area (Å²) < 4.78 is 6.32. The number of hydrogen-bond acceptors (Lipinski definition) is 2. The highest BCUT2D eigenvalue weighted by Crippen LogP contribution is 2.31. The van der Waals surface area contributed by atoms with Crippen LogP contribution in [-0.4, -0.2) is 14.3 Å². The molecule has 0 atom stereocenters. The maximum Gasteiger partial charge on any atom is 0.292 e. The van der Waals surface area contributed by atoms with Gasteiger partial charge in [-0.15, -0.1) is 0 Å². The van der Waals surface area contributed by atoms with Crippen LogP contribution >= 0.6 is 0 Å². The van der Waals surface area contributed by atoms with Crippen LogP contribution in [0.4, 0.5) is 0 Å². The first kappa shape index (κ1) is 23.7. The lowest BCUT2D eigenvalue weighted by Crippen LogP contribution is -2.40. The van der Waals surface area contributed by atoms with Gasteiger partial charge in [-0.1, -0.05) is 98.3 Å². The molecule has 0 spiro atoms. The molecule has 0 aromatic heterocycles. The van der Waals surface area contributed by atoms with Gasteiger partial charge in [0.05, 0.1) is 0 Å². The van der Waals surface area contributed by atoms with Crippen LogP contribution in [0.25, 0.3) is 0 Å². The minimum atomic E-state index is -1.88. The molecule has 3 heteroatoms. The van der Waals surface area contributed by atoms with Gasteiger partial charge in [0.15, 0.2) is 0 Å². The van der Waals surface area contributed by atoms with Crippen LogP contribution in [0.2, 0.25) is 18.1 Å². The highest BCUT2D eigenvalue weighted by Gasteiger charge is 2.36. The third-order valence-corrected chi connectivity index (χ3v) is 9.48. The van der Waals surface area contributed by atoms with Crippen molar-refractivity contribution < 1.29 is 9.22 Å². The van der Waals surface area contributed by atoms with Crippen molar-refractivity contribution in [3.8, 4) is 0 Å². The molecule has 0 saturated carbocycles. The van der Waals surface area contributed by atoms with Crippen LogP contribution in [0, 0.1) is 0 Å². The molecule has 0 bridgehead atoms. The Labute approximate surface area is 153 Å². The van der Waals surface area contributed by atoms with Crippen LogP contribution in [0.3, 0.4) is 0 Å². The van der Waals surface area contributed by atoms with Gasteiger partial charge in [-0.25, -0.2) is 0 Å². The Morgan fingerprint density at radius 2 is 1.00 bits per heavy atom. The topological polar surface area (TPSA) is 26.3 Å². The van der Waals surface area contributed by atoms with E-state index in [-0.39, 0.29) is 5.97 Å². The Kier molecular flexibility index (Phi) is 16.0. The summed E-state index contributed by atoms with van der Waals surface area (Å²) in [5.74, 6) is 0.111. The van der Waals surface area contributed by atoms with Crippen molar-refractivity contribution >= 4 is 14.3 Å². The Balaban J connectivity index is 4.79. The van der Waals surface area contributed by atoms with Gasteiger partial charge >= 0.3 is 0 Å². The molecule has 0 aliphatic heterocycles. The highest BCUT2D eigenvalue weighted by atomic mass is 28.4. The number of unbranched alkanes of at least 4 members (excludes halogenated alkanes) is 8. The first-order chi connectivity index (χ1) is 11.6. The maximum atomic E-state index is 12.4. The van der Waals surface area contributed by atoms with Gasteiger partial charge < -0.3 is 4.43 Å². The van der Waals surface area contributed by atoms with Gasteiger partial charge in [-0.2, -0.15) is 0 Å². The molecule has 0 aliphatic carbocycles. The monoisotopic (exact) mass is 356 g/mol. The molecule has 0 aromatic rings. The molecule has 0 fully saturated rings. The predicted octanol–water partition coefficient (Wildman–Crippen LogP) is 7.63. The van der Waals surface area contributed by atoms with Crippen molar-refractivity contribution in [1.29, 1.82) is 0 Å².